The lowest BCUT2D eigenvalue weighted by atomic mass is 9.68. The highest BCUT2D eigenvalue weighted by Crippen LogP contribution is 2.49. The predicted molar refractivity (Wildman–Crippen MR) is 115 cm³/mol. The summed E-state index contributed by atoms with van der Waals surface area (Å²) < 4.78 is 31.9. The molecule has 0 saturated heterocycles. The standard InChI is InChI=1S/C23H25ClF2N4O/c1-2-18-29-20-19(16-10-9-15(11-17(16)24)31-23(25)26)27-12-28-22(20)30(18)21(13-5-3-6-13)14-7-4-8-14/h9-14,21,23H,2-8H2,1H3. The summed E-state index contributed by atoms with van der Waals surface area (Å²) in [5.41, 5.74) is 2.81. The Bertz CT molecular complexity index is 1080. The van der Waals surface area contributed by atoms with Gasteiger partial charge in [0.2, 0.25) is 0 Å². The minimum Gasteiger partial charge on any atom is -0.435 e. The van der Waals surface area contributed by atoms with E-state index in [1.54, 1.807) is 12.4 Å². The zero-order chi connectivity index (χ0) is 21.5. The van der Waals surface area contributed by atoms with E-state index >= 15 is 0 Å². The molecule has 3 aromatic rings. The Balaban J connectivity index is 1.62. The molecule has 31 heavy (non-hydrogen) atoms. The molecule has 2 saturated carbocycles. The van der Waals surface area contributed by atoms with Crippen molar-refractivity contribution in [2.75, 3.05) is 0 Å². The number of hydrogen-bond acceptors (Lipinski definition) is 4. The molecule has 0 aliphatic heterocycles. The van der Waals surface area contributed by atoms with Crippen molar-refractivity contribution in [3.63, 3.8) is 0 Å². The number of aromatic nitrogens is 4. The fourth-order valence-corrected chi connectivity index (χ4v) is 5.21. The van der Waals surface area contributed by atoms with Gasteiger partial charge in [-0.3, -0.25) is 0 Å². The van der Waals surface area contributed by atoms with Crippen molar-refractivity contribution in [3.05, 3.63) is 35.4 Å². The number of nitrogens with zero attached hydrogens (tertiary/aromatic N) is 4. The monoisotopic (exact) mass is 446 g/mol. The van der Waals surface area contributed by atoms with Crippen LogP contribution in [0.2, 0.25) is 5.02 Å². The van der Waals surface area contributed by atoms with Crippen LogP contribution in [0.1, 0.15) is 57.3 Å². The van der Waals surface area contributed by atoms with Crippen LogP contribution in [0, 0.1) is 11.8 Å². The van der Waals surface area contributed by atoms with Gasteiger partial charge in [-0.25, -0.2) is 15.0 Å². The molecule has 2 aliphatic carbocycles. The second-order valence-electron chi connectivity index (χ2n) is 8.54. The molecule has 2 aromatic heterocycles. The Hall–Kier alpha value is -2.28. The summed E-state index contributed by atoms with van der Waals surface area (Å²) in [4.78, 5) is 14.1. The van der Waals surface area contributed by atoms with Crippen LogP contribution >= 0.6 is 11.6 Å². The van der Waals surface area contributed by atoms with Gasteiger partial charge in [0, 0.05) is 18.0 Å². The van der Waals surface area contributed by atoms with Gasteiger partial charge in [-0.05, 0) is 55.7 Å². The van der Waals surface area contributed by atoms with Gasteiger partial charge in [0.15, 0.2) is 5.65 Å². The lowest BCUT2D eigenvalue weighted by Gasteiger charge is -2.43. The SMILES string of the molecule is CCc1nc2c(-c3ccc(OC(F)F)cc3Cl)ncnc2n1C(C1CCC1)C1CCC1. The summed E-state index contributed by atoms with van der Waals surface area (Å²) in [6.07, 6.45) is 10.0. The first-order valence-corrected chi connectivity index (χ1v) is 11.4. The molecule has 0 atom stereocenters. The number of alkyl halides is 2. The molecule has 0 spiro atoms. The van der Waals surface area contributed by atoms with Crippen molar-refractivity contribution < 1.29 is 13.5 Å². The predicted octanol–water partition coefficient (Wildman–Crippen LogP) is 6.45. The van der Waals surface area contributed by atoms with Gasteiger partial charge in [-0.1, -0.05) is 31.4 Å². The smallest absolute Gasteiger partial charge is 0.387 e. The third kappa shape index (κ3) is 3.67. The zero-order valence-electron chi connectivity index (χ0n) is 17.4. The van der Waals surface area contributed by atoms with Crippen molar-refractivity contribution in [2.24, 2.45) is 11.8 Å². The molecule has 2 aliphatic rings. The average molecular weight is 447 g/mol. The fourth-order valence-electron chi connectivity index (χ4n) is 4.95. The van der Waals surface area contributed by atoms with E-state index in [0.717, 1.165) is 17.9 Å². The van der Waals surface area contributed by atoms with Gasteiger partial charge in [0.1, 0.15) is 29.1 Å². The minimum atomic E-state index is -2.90. The van der Waals surface area contributed by atoms with E-state index < -0.39 is 6.61 Å². The molecular formula is C23H25ClF2N4O. The maximum absolute atomic E-state index is 12.5. The van der Waals surface area contributed by atoms with Crippen LogP contribution in [-0.2, 0) is 6.42 Å². The first-order chi connectivity index (χ1) is 15.1. The summed E-state index contributed by atoms with van der Waals surface area (Å²) in [6.45, 7) is -0.780. The molecule has 5 rings (SSSR count). The number of rotatable bonds is 7. The van der Waals surface area contributed by atoms with Crippen molar-refractivity contribution in [1.29, 1.82) is 0 Å². The van der Waals surface area contributed by atoms with E-state index in [4.69, 9.17) is 16.6 Å². The van der Waals surface area contributed by atoms with Crippen LogP contribution in [0.3, 0.4) is 0 Å². The van der Waals surface area contributed by atoms with Gasteiger partial charge >= 0.3 is 6.61 Å². The summed E-state index contributed by atoms with van der Waals surface area (Å²) in [5.74, 6) is 2.40. The Morgan fingerprint density at radius 3 is 2.39 bits per heavy atom. The van der Waals surface area contributed by atoms with Crippen LogP contribution in [0.15, 0.2) is 24.5 Å². The molecule has 2 fully saturated rings. The van der Waals surface area contributed by atoms with E-state index in [1.807, 2.05) is 0 Å². The number of imidazole rings is 1. The van der Waals surface area contributed by atoms with E-state index in [9.17, 15) is 8.78 Å². The van der Waals surface area contributed by atoms with Crippen molar-refractivity contribution in [2.45, 2.75) is 64.5 Å². The molecule has 2 heterocycles. The highest BCUT2D eigenvalue weighted by Gasteiger charge is 2.39. The Morgan fingerprint density at radius 2 is 1.84 bits per heavy atom. The lowest BCUT2D eigenvalue weighted by Crippen LogP contribution is -2.35. The van der Waals surface area contributed by atoms with E-state index in [0.29, 0.717) is 39.7 Å². The maximum Gasteiger partial charge on any atom is 0.387 e. The third-order valence-corrected chi connectivity index (χ3v) is 7.16. The quantitative estimate of drug-likeness (QED) is 0.418. The Labute approximate surface area is 184 Å². The van der Waals surface area contributed by atoms with Crippen LogP contribution < -0.4 is 4.74 Å². The minimum absolute atomic E-state index is 0.0175. The zero-order valence-corrected chi connectivity index (χ0v) is 18.2. The summed E-state index contributed by atoms with van der Waals surface area (Å²) in [7, 11) is 0. The summed E-state index contributed by atoms with van der Waals surface area (Å²) in [5, 5.41) is 0.292. The molecule has 5 nitrogen and oxygen atoms in total. The van der Waals surface area contributed by atoms with Crippen molar-refractivity contribution in [3.8, 4) is 17.0 Å². The largest absolute Gasteiger partial charge is 0.435 e. The molecule has 0 bridgehead atoms. The van der Waals surface area contributed by atoms with Gasteiger partial charge in [-0.15, -0.1) is 0 Å². The number of halogens is 3. The number of hydrogen-bond donors (Lipinski definition) is 0. The van der Waals surface area contributed by atoms with Gasteiger partial charge in [-0.2, -0.15) is 8.78 Å². The molecule has 164 valence electrons. The Kier molecular flexibility index (Phi) is 5.54. The highest BCUT2D eigenvalue weighted by atomic mass is 35.5. The summed E-state index contributed by atoms with van der Waals surface area (Å²) >= 11 is 6.43. The Morgan fingerprint density at radius 1 is 1.13 bits per heavy atom. The molecule has 8 heteroatoms. The first kappa shape index (κ1) is 20.6. The van der Waals surface area contributed by atoms with Crippen LogP contribution in [-0.4, -0.2) is 26.1 Å². The lowest BCUT2D eigenvalue weighted by molar-refractivity contribution is -0.0498. The van der Waals surface area contributed by atoms with Crippen molar-refractivity contribution >= 4 is 22.8 Å². The van der Waals surface area contributed by atoms with E-state index in [-0.39, 0.29) is 5.75 Å². The molecule has 0 unspecified atom stereocenters. The van der Waals surface area contributed by atoms with Crippen LogP contribution in [0.4, 0.5) is 8.78 Å². The second-order valence-corrected chi connectivity index (χ2v) is 8.95. The number of aryl methyl sites for hydroxylation is 1. The number of ether oxygens (including phenoxy) is 1. The fraction of sp³-hybridized carbons (Fsp3) is 0.522. The number of fused-ring (bicyclic) bond motifs is 1. The van der Waals surface area contributed by atoms with Gasteiger partial charge < -0.3 is 9.30 Å². The van der Waals surface area contributed by atoms with Crippen LogP contribution in [0.25, 0.3) is 22.4 Å². The normalized spacial score (nSPS) is 17.4. The maximum atomic E-state index is 12.5. The van der Waals surface area contributed by atoms with Gasteiger partial charge in [0.25, 0.3) is 0 Å². The molecule has 0 N–H and O–H groups in total. The molecule has 0 radical (unpaired) electrons. The molecular weight excluding hydrogens is 422 g/mol. The van der Waals surface area contributed by atoms with Gasteiger partial charge in [0.05, 0.1) is 5.02 Å². The van der Waals surface area contributed by atoms with Crippen LogP contribution in [0.5, 0.6) is 5.75 Å². The first-order valence-electron chi connectivity index (χ1n) is 11.0. The second kappa shape index (κ2) is 8.34. The third-order valence-electron chi connectivity index (χ3n) is 6.85. The molecule has 1 aromatic carbocycles. The molecule has 0 amide bonds. The average Bonchev–Trinajstić information content (AvgIpc) is 3.03. The summed E-state index contributed by atoms with van der Waals surface area (Å²) in [6, 6.07) is 4.95. The van der Waals surface area contributed by atoms with E-state index in [1.165, 1.54) is 50.7 Å². The topological polar surface area (TPSA) is 52.8 Å². The number of benzene rings is 1. The van der Waals surface area contributed by atoms with Crippen molar-refractivity contribution in [1.82, 2.24) is 19.5 Å². The highest BCUT2D eigenvalue weighted by molar-refractivity contribution is 6.33. The van der Waals surface area contributed by atoms with E-state index in [2.05, 4.69) is 26.2 Å².